The third kappa shape index (κ3) is 4.23. The number of hydrogen-bond donors (Lipinski definition) is 0. The molecule has 0 amide bonds. The second-order valence-electron chi connectivity index (χ2n) is 7.69. The largest absolute Gasteiger partial charge is 0.411 e. The van der Waals surface area contributed by atoms with E-state index in [0.29, 0.717) is 13.0 Å². The zero-order valence-corrected chi connectivity index (χ0v) is 15.4. The second kappa shape index (κ2) is 6.87. The van der Waals surface area contributed by atoms with Crippen LogP contribution in [0.3, 0.4) is 0 Å². The van der Waals surface area contributed by atoms with E-state index in [2.05, 4.69) is 4.74 Å². The van der Waals surface area contributed by atoms with E-state index in [1.165, 1.54) is 7.11 Å². The summed E-state index contributed by atoms with van der Waals surface area (Å²) in [5, 5.41) is 0. The molecule has 25 heavy (non-hydrogen) atoms. The van der Waals surface area contributed by atoms with Crippen LogP contribution in [0.1, 0.15) is 20.3 Å². The van der Waals surface area contributed by atoms with Crippen molar-refractivity contribution in [3.05, 3.63) is 0 Å². The van der Waals surface area contributed by atoms with Crippen LogP contribution in [-0.4, -0.2) is 77.9 Å². The maximum absolute atomic E-state index is 12.8. The molecule has 0 radical (unpaired) electrons. The van der Waals surface area contributed by atoms with Gasteiger partial charge >= 0.3 is 6.18 Å². The molecule has 5 nitrogen and oxygen atoms in total. The number of ketones is 1. The van der Waals surface area contributed by atoms with E-state index >= 15 is 0 Å². The van der Waals surface area contributed by atoms with E-state index in [0.717, 1.165) is 0 Å². The summed E-state index contributed by atoms with van der Waals surface area (Å²) < 4.78 is 58.1. The molecule has 1 aliphatic heterocycles. The second-order valence-corrected chi connectivity index (χ2v) is 7.69. The van der Waals surface area contributed by atoms with Crippen molar-refractivity contribution in [2.45, 2.75) is 49.0 Å². The van der Waals surface area contributed by atoms with Gasteiger partial charge in [-0.2, -0.15) is 13.2 Å². The van der Waals surface area contributed by atoms with E-state index in [1.54, 1.807) is 7.85 Å². The standard InChI is InChI=1S/C15H25B2F3O5/c1-12(2,24-5-4-23-8-14(18,19)20)11-13(7-25-13)6-9(16)10(21)15(11,17)22-3/h9,11H,4-8,16-17H2,1-3H3/t9?,11-,13+,15-/m1/s1. The number of hydrogen-bond acceptors (Lipinski definition) is 5. The fourth-order valence-electron chi connectivity index (χ4n) is 4.39. The molecule has 2 aliphatic rings. The third-order valence-corrected chi connectivity index (χ3v) is 5.27. The summed E-state index contributed by atoms with van der Waals surface area (Å²) in [6.45, 7) is 2.64. The Morgan fingerprint density at radius 1 is 1.32 bits per heavy atom. The number of carbonyl (C=O) groups is 1. The van der Waals surface area contributed by atoms with Gasteiger partial charge in [0.1, 0.15) is 14.5 Å². The average molecular weight is 364 g/mol. The van der Waals surface area contributed by atoms with Crippen molar-refractivity contribution in [1.82, 2.24) is 0 Å². The molecule has 1 aliphatic carbocycles. The Morgan fingerprint density at radius 3 is 2.40 bits per heavy atom. The van der Waals surface area contributed by atoms with E-state index < -0.39 is 29.5 Å². The molecule has 1 unspecified atom stereocenters. The number of ether oxygens (including phenoxy) is 4. The molecule has 2 rings (SSSR count). The minimum atomic E-state index is -4.36. The summed E-state index contributed by atoms with van der Waals surface area (Å²) in [4.78, 5) is 12.8. The van der Waals surface area contributed by atoms with Gasteiger partial charge in [0.15, 0.2) is 13.6 Å². The van der Waals surface area contributed by atoms with Crippen LogP contribution in [0.2, 0.25) is 5.82 Å². The first-order valence-electron chi connectivity index (χ1n) is 8.40. The van der Waals surface area contributed by atoms with Crippen molar-refractivity contribution in [3.63, 3.8) is 0 Å². The van der Waals surface area contributed by atoms with Crippen LogP contribution in [0.15, 0.2) is 0 Å². The molecular weight excluding hydrogens is 339 g/mol. The Balaban J connectivity index is 2.06. The highest BCUT2D eigenvalue weighted by molar-refractivity contribution is 6.37. The Hall–Kier alpha value is -0.570. The lowest BCUT2D eigenvalue weighted by atomic mass is 9.49. The highest BCUT2D eigenvalue weighted by Crippen LogP contribution is 2.56. The minimum absolute atomic E-state index is 0.00822. The van der Waals surface area contributed by atoms with Gasteiger partial charge in [-0.15, -0.1) is 0 Å². The molecule has 0 aromatic rings. The van der Waals surface area contributed by atoms with Crippen LogP contribution in [0, 0.1) is 5.92 Å². The van der Waals surface area contributed by atoms with Gasteiger partial charge in [-0.1, -0.05) is 0 Å². The smallest absolute Gasteiger partial charge is 0.379 e. The van der Waals surface area contributed by atoms with Crippen molar-refractivity contribution in [1.29, 1.82) is 0 Å². The SMILES string of the molecule is BC1C[C@]2(CO2)[C@@H](C(C)(C)OCCOCC(F)(F)F)[C@](B)(OC)C1=O. The first kappa shape index (κ1) is 20.7. The normalized spacial score (nSPS) is 36.0. The first-order valence-corrected chi connectivity index (χ1v) is 8.40. The predicted octanol–water partition coefficient (Wildman–Crippen LogP) is 0.116. The average Bonchev–Trinajstić information content (AvgIpc) is 3.22. The third-order valence-electron chi connectivity index (χ3n) is 5.27. The van der Waals surface area contributed by atoms with Gasteiger partial charge in [-0.3, -0.25) is 4.79 Å². The van der Waals surface area contributed by atoms with Gasteiger partial charge in [0.25, 0.3) is 0 Å². The van der Waals surface area contributed by atoms with Crippen molar-refractivity contribution >= 4 is 21.5 Å². The Morgan fingerprint density at radius 2 is 1.92 bits per heavy atom. The molecule has 1 heterocycles. The minimum Gasteiger partial charge on any atom is -0.379 e. The summed E-state index contributed by atoms with van der Waals surface area (Å²) in [7, 11) is 5.09. The van der Waals surface area contributed by atoms with E-state index in [1.807, 2.05) is 21.7 Å². The predicted molar refractivity (Wildman–Crippen MR) is 89.3 cm³/mol. The number of epoxide rings is 1. The zero-order chi connectivity index (χ0) is 19.1. The van der Waals surface area contributed by atoms with Gasteiger partial charge in [0.2, 0.25) is 0 Å². The first-order chi connectivity index (χ1) is 11.4. The number of halogens is 3. The maximum Gasteiger partial charge on any atom is 0.411 e. The van der Waals surface area contributed by atoms with E-state index in [-0.39, 0.29) is 30.7 Å². The molecule has 2 fully saturated rings. The fourth-order valence-corrected chi connectivity index (χ4v) is 4.39. The molecule has 0 bridgehead atoms. The monoisotopic (exact) mass is 364 g/mol. The van der Waals surface area contributed by atoms with Crippen LogP contribution in [0.4, 0.5) is 13.2 Å². The van der Waals surface area contributed by atoms with Crippen LogP contribution < -0.4 is 0 Å². The lowest BCUT2D eigenvalue weighted by Gasteiger charge is -2.51. The summed E-state index contributed by atoms with van der Waals surface area (Å²) in [5.41, 5.74) is -2.41. The Labute approximate surface area is 147 Å². The topological polar surface area (TPSA) is 57.3 Å². The molecule has 4 atom stereocenters. The summed E-state index contributed by atoms with van der Waals surface area (Å²) in [6.07, 6.45) is -3.77. The van der Waals surface area contributed by atoms with Crippen molar-refractivity contribution in [2.24, 2.45) is 5.92 Å². The van der Waals surface area contributed by atoms with E-state index in [4.69, 9.17) is 14.2 Å². The number of Topliss-reactive ketones (excluding diaryl/α,β-unsaturated/α-hetero) is 1. The van der Waals surface area contributed by atoms with Gasteiger partial charge in [-0.05, 0) is 26.1 Å². The number of methoxy groups -OCH3 is 1. The van der Waals surface area contributed by atoms with Crippen LogP contribution in [0.5, 0.6) is 0 Å². The summed E-state index contributed by atoms with van der Waals surface area (Å²) in [6, 6.07) is 0. The molecule has 1 saturated heterocycles. The Bertz CT molecular complexity index is 510. The number of alkyl halides is 3. The summed E-state index contributed by atoms with van der Waals surface area (Å²) in [5.74, 6) is -0.565. The highest BCUT2D eigenvalue weighted by atomic mass is 19.4. The quantitative estimate of drug-likeness (QED) is 0.365. The van der Waals surface area contributed by atoms with Crippen LogP contribution >= 0.6 is 0 Å². The fraction of sp³-hybridized carbons (Fsp3) is 0.933. The lowest BCUT2D eigenvalue weighted by Crippen LogP contribution is -2.66. The molecule has 142 valence electrons. The lowest BCUT2D eigenvalue weighted by molar-refractivity contribution is -0.191. The molecule has 0 N–H and O–H groups in total. The Kier molecular flexibility index (Phi) is 5.70. The van der Waals surface area contributed by atoms with Crippen molar-refractivity contribution in [2.75, 3.05) is 33.5 Å². The molecule has 10 heteroatoms. The molecule has 0 aromatic carbocycles. The summed E-state index contributed by atoms with van der Waals surface area (Å²) >= 11 is 0. The van der Waals surface area contributed by atoms with Crippen LogP contribution in [-0.2, 0) is 23.7 Å². The molecule has 1 saturated carbocycles. The molecule has 1 spiro atoms. The van der Waals surface area contributed by atoms with Crippen molar-refractivity contribution < 1.29 is 36.9 Å². The molecule has 0 aromatic heterocycles. The number of rotatable bonds is 7. The number of carbonyl (C=O) groups excluding carboxylic acids is 1. The maximum atomic E-state index is 12.8. The zero-order valence-electron chi connectivity index (χ0n) is 15.4. The van der Waals surface area contributed by atoms with Gasteiger partial charge < -0.3 is 18.9 Å². The van der Waals surface area contributed by atoms with Crippen LogP contribution in [0.25, 0.3) is 0 Å². The van der Waals surface area contributed by atoms with E-state index in [9.17, 15) is 18.0 Å². The van der Waals surface area contributed by atoms with Crippen molar-refractivity contribution in [3.8, 4) is 0 Å². The van der Waals surface area contributed by atoms with Gasteiger partial charge in [0.05, 0.1) is 36.5 Å². The van der Waals surface area contributed by atoms with Gasteiger partial charge in [0, 0.05) is 13.0 Å². The highest BCUT2D eigenvalue weighted by Gasteiger charge is 2.69. The molecular formula is C15H25B2F3O5. The van der Waals surface area contributed by atoms with Gasteiger partial charge in [-0.25, -0.2) is 0 Å².